The number of nitrogens with two attached hydrogens (primary N) is 1. The molecule has 0 bridgehead atoms. The van der Waals surface area contributed by atoms with Crippen molar-refractivity contribution in [1.82, 2.24) is 9.38 Å². The molecule has 1 aromatic carbocycles. The number of fused-ring (bicyclic) bond motifs is 2. The number of nitrogens with zero attached hydrogens (tertiary/aromatic N) is 3. The molecule has 0 aliphatic carbocycles. The minimum atomic E-state index is 0.765. The van der Waals surface area contributed by atoms with Crippen LogP contribution in [0, 0.1) is 0 Å². The standard InChI is InChI=1S/C18H20N4/c19-15-7-8-18-20-16(13-22(18)12-15)9-11-21-10-3-5-14-4-1-2-6-17(14)21/h1-2,4,6-8,12-13H,3,5,9-11,19H2. The van der Waals surface area contributed by atoms with Gasteiger partial charge in [0.15, 0.2) is 0 Å². The van der Waals surface area contributed by atoms with E-state index in [1.807, 2.05) is 22.7 Å². The molecule has 0 saturated heterocycles. The maximum Gasteiger partial charge on any atom is 0.137 e. The van der Waals surface area contributed by atoms with Gasteiger partial charge in [-0.2, -0.15) is 0 Å². The number of aryl methyl sites for hydroxylation is 1. The van der Waals surface area contributed by atoms with Gasteiger partial charge >= 0.3 is 0 Å². The Morgan fingerprint density at radius 3 is 2.95 bits per heavy atom. The molecule has 1 aliphatic heterocycles. The lowest BCUT2D eigenvalue weighted by Gasteiger charge is -2.31. The Kier molecular flexibility index (Phi) is 3.22. The summed E-state index contributed by atoms with van der Waals surface area (Å²) in [5, 5.41) is 0. The SMILES string of the molecule is Nc1ccc2nc(CCN3CCCc4ccccc43)cn2c1. The normalized spacial score (nSPS) is 14.3. The van der Waals surface area contributed by atoms with Gasteiger partial charge in [-0.15, -0.1) is 0 Å². The number of imidazole rings is 1. The van der Waals surface area contributed by atoms with E-state index in [4.69, 9.17) is 5.73 Å². The highest BCUT2D eigenvalue weighted by molar-refractivity contribution is 5.55. The molecule has 0 fully saturated rings. The number of benzene rings is 1. The van der Waals surface area contributed by atoms with Crippen molar-refractivity contribution in [3.05, 3.63) is 60.0 Å². The number of pyridine rings is 1. The van der Waals surface area contributed by atoms with Crippen molar-refractivity contribution in [1.29, 1.82) is 0 Å². The van der Waals surface area contributed by atoms with Crippen LogP contribution in [0.15, 0.2) is 48.8 Å². The van der Waals surface area contributed by atoms with Gasteiger partial charge in [0.1, 0.15) is 5.65 Å². The van der Waals surface area contributed by atoms with E-state index in [9.17, 15) is 0 Å². The van der Waals surface area contributed by atoms with Crippen molar-refractivity contribution in [2.75, 3.05) is 23.7 Å². The topological polar surface area (TPSA) is 46.6 Å². The number of rotatable bonds is 3. The van der Waals surface area contributed by atoms with Crippen LogP contribution in [0.25, 0.3) is 5.65 Å². The lowest BCUT2D eigenvalue weighted by molar-refractivity contribution is 0.685. The molecule has 0 saturated carbocycles. The minimum Gasteiger partial charge on any atom is -0.398 e. The molecule has 2 N–H and O–H groups in total. The predicted molar refractivity (Wildman–Crippen MR) is 90.3 cm³/mol. The van der Waals surface area contributed by atoms with Crippen LogP contribution in [0.3, 0.4) is 0 Å². The predicted octanol–water partition coefficient (Wildman–Crippen LogP) is 2.91. The van der Waals surface area contributed by atoms with Gasteiger partial charge in [0.05, 0.1) is 5.69 Å². The zero-order chi connectivity index (χ0) is 14.9. The van der Waals surface area contributed by atoms with Crippen LogP contribution >= 0.6 is 0 Å². The Bertz CT molecular complexity index is 806. The maximum absolute atomic E-state index is 5.82. The number of nitrogen functional groups attached to an aromatic ring is 1. The first-order valence-corrected chi connectivity index (χ1v) is 7.85. The van der Waals surface area contributed by atoms with Crippen molar-refractivity contribution < 1.29 is 0 Å². The first kappa shape index (κ1) is 13.2. The van der Waals surface area contributed by atoms with Gasteiger partial charge in [0.2, 0.25) is 0 Å². The third-order valence-corrected chi connectivity index (χ3v) is 4.37. The van der Waals surface area contributed by atoms with Gasteiger partial charge in [0, 0.05) is 43.3 Å². The van der Waals surface area contributed by atoms with Crippen molar-refractivity contribution in [2.45, 2.75) is 19.3 Å². The van der Waals surface area contributed by atoms with Crippen LogP contribution in [-0.4, -0.2) is 22.5 Å². The van der Waals surface area contributed by atoms with Crippen LogP contribution in [-0.2, 0) is 12.8 Å². The number of hydrogen-bond acceptors (Lipinski definition) is 3. The molecule has 4 heteroatoms. The van der Waals surface area contributed by atoms with Crippen LogP contribution < -0.4 is 10.6 Å². The van der Waals surface area contributed by atoms with E-state index in [0.717, 1.165) is 36.5 Å². The third kappa shape index (κ3) is 2.41. The van der Waals surface area contributed by atoms with E-state index < -0.39 is 0 Å². The van der Waals surface area contributed by atoms with E-state index in [-0.39, 0.29) is 0 Å². The van der Waals surface area contributed by atoms with E-state index in [1.165, 1.54) is 24.1 Å². The van der Waals surface area contributed by atoms with Gasteiger partial charge < -0.3 is 15.0 Å². The largest absolute Gasteiger partial charge is 0.398 e. The Hall–Kier alpha value is -2.49. The fourth-order valence-corrected chi connectivity index (χ4v) is 3.28. The van der Waals surface area contributed by atoms with Gasteiger partial charge in [-0.25, -0.2) is 4.98 Å². The molecule has 0 atom stereocenters. The molecule has 0 amide bonds. The average molecular weight is 292 g/mol. The quantitative estimate of drug-likeness (QED) is 0.807. The van der Waals surface area contributed by atoms with Crippen LogP contribution in [0.2, 0.25) is 0 Å². The molecule has 0 unspecified atom stereocenters. The molecule has 22 heavy (non-hydrogen) atoms. The highest BCUT2D eigenvalue weighted by atomic mass is 15.1. The molecule has 3 heterocycles. The summed E-state index contributed by atoms with van der Waals surface area (Å²) in [5.41, 5.74) is 11.5. The van der Waals surface area contributed by atoms with Crippen LogP contribution in [0.5, 0.6) is 0 Å². The van der Waals surface area contributed by atoms with E-state index in [0.29, 0.717) is 0 Å². The summed E-state index contributed by atoms with van der Waals surface area (Å²) in [7, 11) is 0. The summed E-state index contributed by atoms with van der Waals surface area (Å²) in [6.07, 6.45) is 7.39. The Labute approximate surface area is 130 Å². The van der Waals surface area contributed by atoms with Crippen molar-refractivity contribution >= 4 is 17.0 Å². The molecular weight excluding hydrogens is 272 g/mol. The van der Waals surface area contributed by atoms with Gasteiger partial charge in [-0.3, -0.25) is 0 Å². The summed E-state index contributed by atoms with van der Waals surface area (Å²) in [4.78, 5) is 7.16. The fourth-order valence-electron chi connectivity index (χ4n) is 3.28. The summed E-state index contributed by atoms with van der Waals surface area (Å²) >= 11 is 0. The molecule has 0 radical (unpaired) electrons. The van der Waals surface area contributed by atoms with Crippen LogP contribution in [0.1, 0.15) is 17.7 Å². The van der Waals surface area contributed by atoms with Crippen LogP contribution in [0.4, 0.5) is 11.4 Å². The Morgan fingerprint density at radius 2 is 2.00 bits per heavy atom. The molecule has 0 spiro atoms. The monoisotopic (exact) mass is 292 g/mol. The Morgan fingerprint density at radius 1 is 1.09 bits per heavy atom. The zero-order valence-corrected chi connectivity index (χ0v) is 12.6. The molecular formula is C18H20N4. The number of para-hydroxylation sites is 1. The number of hydrogen-bond donors (Lipinski definition) is 1. The second-order valence-electron chi connectivity index (χ2n) is 5.93. The lowest BCUT2D eigenvalue weighted by atomic mass is 10.0. The first-order chi connectivity index (χ1) is 10.8. The molecule has 112 valence electrons. The first-order valence-electron chi connectivity index (χ1n) is 7.85. The minimum absolute atomic E-state index is 0.765. The second kappa shape index (κ2) is 5.37. The smallest absolute Gasteiger partial charge is 0.137 e. The molecule has 1 aliphatic rings. The molecule has 4 rings (SSSR count). The molecule has 4 nitrogen and oxygen atoms in total. The number of anilines is 2. The summed E-state index contributed by atoms with van der Waals surface area (Å²) < 4.78 is 2.01. The highest BCUT2D eigenvalue weighted by Gasteiger charge is 2.16. The van der Waals surface area contributed by atoms with Crippen molar-refractivity contribution in [3.63, 3.8) is 0 Å². The van der Waals surface area contributed by atoms with Gasteiger partial charge in [0.25, 0.3) is 0 Å². The summed E-state index contributed by atoms with van der Waals surface area (Å²) in [5.74, 6) is 0. The van der Waals surface area contributed by atoms with E-state index >= 15 is 0 Å². The number of aromatic nitrogens is 2. The van der Waals surface area contributed by atoms with Crippen molar-refractivity contribution in [3.8, 4) is 0 Å². The molecule has 3 aromatic rings. The zero-order valence-electron chi connectivity index (χ0n) is 12.6. The van der Waals surface area contributed by atoms with E-state index in [2.05, 4.69) is 40.3 Å². The molecule has 2 aromatic heterocycles. The average Bonchev–Trinajstić information content (AvgIpc) is 2.95. The summed E-state index contributed by atoms with van der Waals surface area (Å²) in [6, 6.07) is 12.6. The van der Waals surface area contributed by atoms with Gasteiger partial charge in [-0.1, -0.05) is 18.2 Å². The summed E-state index contributed by atoms with van der Waals surface area (Å²) in [6.45, 7) is 2.15. The third-order valence-electron chi connectivity index (χ3n) is 4.37. The second-order valence-corrected chi connectivity index (χ2v) is 5.93. The lowest BCUT2D eigenvalue weighted by Crippen LogP contribution is -2.31. The maximum atomic E-state index is 5.82. The Balaban J connectivity index is 1.52. The van der Waals surface area contributed by atoms with Crippen molar-refractivity contribution in [2.24, 2.45) is 0 Å². The highest BCUT2D eigenvalue weighted by Crippen LogP contribution is 2.26. The fraction of sp³-hybridized carbons (Fsp3) is 0.278. The van der Waals surface area contributed by atoms with E-state index in [1.54, 1.807) is 0 Å². The van der Waals surface area contributed by atoms with Gasteiger partial charge in [-0.05, 0) is 36.6 Å².